The second-order valence-electron chi connectivity index (χ2n) is 4.28. The summed E-state index contributed by atoms with van der Waals surface area (Å²) < 4.78 is 16.2. The van der Waals surface area contributed by atoms with Crippen LogP contribution in [-0.4, -0.2) is 40.6 Å². The molecule has 1 aromatic carbocycles. The van der Waals surface area contributed by atoms with Gasteiger partial charge in [0.1, 0.15) is 6.54 Å². The van der Waals surface area contributed by atoms with Crippen molar-refractivity contribution in [2.45, 2.75) is 6.54 Å². The first-order chi connectivity index (χ1) is 10.2. The second-order valence-corrected chi connectivity index (χ2v) is 4.28. The van der Waals surface area contributed by atoms with E-state index in [2.05, 4.69) is 15.0 Å². The van der Waals surface area contributed by atoms with Crippen LogP contribution in [0.1, 0.15) is 20.8 Å². The lowest BCUT2D eigenvalue weighted by molar-refractivity contribution is 0.0593. The van der Waals surface area contributed by atoms with E-state index in [9.17, 15) is 9.59 Å². The number of Topliss-reactive ketones (excluding diaryl/α,β-unsaturated/α-hetero) is 1. The van der Waals surface area contributed by atoms with Gasteiger partial charge in [-0.3, -0.25) is 4.79 Å². The Hall–Kier alpha value is -2.90. The number of ether oxygens (including phenoxy) is 3. The van der Waals surface area contributed by atoms with Gasteiger partial charge in [0.15, 0.2) is 23.0 Å². The van der Waals surface area contributed by atoms with Crippen LogP contribution < -0.4 is 9.47 Å². The minimum Gasteiger partial charge on any atom is -0.464 e. The van der Waals surface area contributed by atoms with Crippen molar-refractivity contribution >= 4 is 11.8 Å². The van der Waals surface area contributed by atoms with Crippen LogP contribution in [0.3, 0.4) is 0 Å². The molecule has 0 saturated carbocycles. The standard InChI is InChI=1S/C13H11N3O5/c1-19-13(18)9-5-16(15-14-9)6-10(17)8-2-3-11-12(4-8)21-7-20-11/h2-5H,6-7H2,1H3. The fourth-order valence-corrected chi connectivity index (χ4v) is 1.88. The lowest BCUT2D eigenvalue weighted by Crippen LogP contribution is -2.11. The molecule has 2 heterocycles. The summed E-state index contributed by atoms with van der Waals surface area (Å²) in [6.07, 6.45) is 1.36. The lowest BCUT2D eigenvalue weighted by atomic mass is 10.1. The average molecular weight is 289 g/mol. The number of carbonyl (C=O) groups is 2. The third-order valence-electron chi connectivity index (χ3n) is 2.93. The minimum atomic E-state index is -0.600. The predicted molar refractivity (Wildman–Crippen MR) is 68.3 cm³/mol. The molecule has 0 unspecified atom stereocenters. The molecule has 0 fully saturated rings. The van der Waals surface area contributed by atoms with E-state index in [-0.39, 0.29) is 24.8 Å². The van der Waals surface area contributed by atoms with E-state index in [1.54, 1.807) is 18.2 Å². The van der Waals surface area contributed by atoms with Crippen molar-refractivity contribution in [1.29, 1.82) is 0 Å². The summed E-state index contributed by atoms with van der Waals surface area (Å²) in [5.74, 6) is 0.362. The maximum absolute atomic E-state index is 12.2. The summed E-state index contributed by atoms with van der Waals surface area (Å²) in [5, 5.41) is 7.35. The summed E-state index contributed by atoms with van der Waals surface area (Å²) in [6.45, 7) is 0.113. The SMILES string of the molecule is COC(=O)c1cn(CC(=O)c2ccc3c(c2)OCO3)nn1. The number of ketones is 1. The highest BCUT2D eigenvalue weighted by molar-refractivity contribution is 5.96. The molecular formula is C13H11N3O5. The first kappa shape index (κ1) is 13.1. The molecule has 0 amide bonds. The fourth-order valence-electron chi connectivity index (χ4n) is 1.88. The van der Waals surface area contributed by atoms with Gasteiger partial charge in [-0.05, 0) is 18.2 Å². The molecule has 1 aromatic heterocycles. The highest BCUT2D eigenvalue weighted by Gasteiger charge is 2.17. The Kier molecular flexibility index (Phi) is 3.27. The number of hydrogen-bond acceptors (Lipinski definition) is 7. The average Bonchev–Trinajstić information content (AvgIpc) is 3.14. The largest absolute Gasteiger partial charge is 0.464 e. The molecule has 0 bridgehead atoms. The zero-order valence-electron chi connectivity index (χ0n) is 11.1. The molecule has 8 nitrogen and oxygen atoms in total. The van der Waals surface area contributed by atoms with Crippen LogP contribution >= 0.6 is 0 Å². The minimum absolute atomic E-state index is 0.0381. The van der Waals surface area contributed by atoms with Gasteiger partial charge in [0.05, 0.1) is 13.3 Å². The van der Waals surface area contributed by atoms with Gasteiger partial charge in [-0.15, -0.1) is 5.10 Å². The Balaban J connectivity index is 1.74. The third-order valence-corrected chi connectivity index (χ3v) is 2.93. The van der Waals surface area contributed by atoms with Crippen LogP contribution in [0.2, 0.25) is 0 Å². The number of carbonyl (C=O) groups excluding carboxylic acids is 2. The van der Waals surface area contributed by atoms with E-state index in [4.69, 9.17) is 9.47 Å². The highest BCUT2D eigenvalue weighted by Crippen LogP contribution is 2.32. The molecule has 0 atom stereocenters. The molecule has 3 rings (SSSR count). The highest BCUT2D eigenvalue weighted by atomic mass is 16.7. The van der Waals surface area contributed by atoms with Crippen molar-refractivity contribution < 1.29 is 23.8 Å². The van der Waals surface area contributed by atoms with Gasteiger partial charge in [0, 0.05) is 5.56 Å². The Labute approximate surface area is 119 Å². The van der Waals surface area contributed by atoms with Gasteiger partial charge in [-0.2, -0.15) is 0 Å². The summed E-state index contributed by atoms with van der Waals surface area (Å²) in [4.78, 5) is 23.4. The Morgan fingerprint density at radius 2 is 2.14 bits per heavy atom. The van der Waals surface area contributed by atoms with Crippen molar-refractivity contribution in [1.82, 2.24) is 15.0 Å². The number of esters is 1. The lowest BCUT2D eigenvalue weighted by Gasteiger charge is -2.02. The molecule has 8 heteroatoms. The van der Waals surface area contributed by atoms with Crippen LogP contribution in [0, 0.1) is 0 Å². The number of hydrogen-bond donors (Lipinski definition) is 0. The summed E-state index contributed by atoms with van der Waals surface area (Å²) in [7, 11) is 1.25. The zero-order chi connectivity index (χ0) is 14.8. The molecule has 1 aliphatic rings. The fraction of sp³-hybridized carbons (Fsp3) is 0.231. The van der Waals surface area contributed by atoms with Gasteiger partial charge >= 0.3 is 5.97 Å². The van der Waals surface area contributed by atoms with Gasteiger partial charge in [-0.25, -0.2) is 9.48 Å². The van der Waals surface area contributed by atoms with E-state index >= 15 is 0 Å². The van der Waals surface area contributed by atoms with Crippen molar-refractivity contribution in [2.75, 3.05) is 13.9 Å². The third kappa shape index (κ3) is 2.55. The van der Waals surface area contributed by atoms with Crippen LogP contribution in [0.4, 0.5) is 0 Å². The van der Waals surface area contributed by atoms with E-state index in [1.165, 1.54) is 18.0 Å². The number of nitrogens with zero attached hydrogens (tertiary/aromatic N) is 3. The summed E-state index contributed by atoms with van der Waals surface area (Å²) in [5.41, 5.74) is 0.519. The maximum Gasteiger partial charge on any atom is 0.360 e. The van der Waals surface area contributed by atoms with Crippen LogP contribution in [0.15, 0.2) is 24.4 Å². The molecule has 108 valence electrons. The van der Waals surface area contributed by atoms with E-state index in [0.717, 1.165) is 0 Å². The van der Waals surface area contributed by atoms with E-state index < -0.39 is 5.97 Å². The van der Waals surface area contributed by atoms with E-state index in [1.807, 2.05) is 0 Å². The maximum atomic E-state index is 12.2. The van der Waals surface area contributed by atoms with Gasteiger partial charge < -0.3 is 14.2 Å². The molecule has 21 heavy (non-hydrogen) atoms. The van der Waals surface area contributed by atoms with Crippen molar-refractivity contribution in [3.63, 3.8) is 0 Å². The topological polar surface area (TPSA) is 92.5 Å². The second kappa shape index (κ2) is 5.23. The molecule has 0 radical (unpaired) electrons. The first-order valence-electron chi connectivity index (χ1n) is 6.08. The quantitative estimate of drug-likeness (QED) is 0.603. The van der Waals surface area contributed by atoms with Crippen LogP contribution in [0.25, 0.3) is 0 Å². The molecule has 0 N–H and O–H groups in total. The molecular weight excluding hydrogens is 278 g/mol. The molecule has 0 saturated heterocycles. The van der Waals surface area contributed by atoms with Gasteiger partial charge in [-0.1, -0.05) is 5.21 Å². The normalized spacial score (nSPS) is 12.2. The first-order valence-corrected chi connectivity index (χ1v) is 6.08. The molecule has 2 aromatic rings. The number of rotatable bonds is 4. The smallest absolute Gasteiger partial charge is 0.360 e. The van der Waals surface area contributed by atoms with Crippen molar-refractivity contribution in [3.8, 4) is 11.5 Å². The number of fused-ring (bicyclic) bond motifs is 1. The van der Waals surface area contributed by atoms with Crippen molar-refractivity contribution in [2.24, 2.45) is 0 Å². The number of methoxy groups -OCH3 is 1. The van der Waals surface area contributed by atoms with Gasteiger partial charge in [0.25, 0.3) is 0 Å². The Morgan fingerprint density at radius 1 is 1.33 bits per heavy atom. The van der Waals surface area contributed by atoms with Crippen molar-refractivity contribution in [3.05, 3.63) is 35.7 Å². The van der Waals surface area contributed by atoms with E-state index in [0.29, 0.717) is 17.1 Å². The summed E-state index contributed by atoms with van der Waals surface area (Å²) in [6, 6.07) is 4.94. The monoisotopic (exact) mass is 289 g/mol. The Bertz CT molecular complexity index is 710. The molecule has 0 spiro atoms. The number of benzene rings is 1. The zero-order valence-corrected chi connectivity index (χ0v) is 11.1. The number of aromatic nitrogens is 3. The molecule has 1 aliphatic heterocycles. The van der Waals surface area contributed by atoms with Crippen LogP contribution in [-0.2, 0) is 11.3 Å². The molecule has 0 aliphatic carbocycles. The van der Waals surface area contributed by atoms with Crippen LogP contribution in [0.5, 0.6) is 11.5 Å². The Morgan fingerprint density at radius 3 is 2.95 bits per heavy atom. The van der Waals surface area contributed by atoms with Gasteiger partial charge in [0.2, 0.25) is 6.79 Å². The predicted octanol–water partition coefficient (Wildman–Crippen LogP) is 0.676. The summed E-state index contributed by atoms with van der Waals surface area (Å²) >= 11 is 0.